The third kappa shape index (κ3) is 5.08. The van der Waals surface area contributed by atoms with Crippen LogP contribution in [0.3, 0.4) is 0 Å². The lowest BCUT2D eigenvalue weighted by molar-refractivity contribution is -0.139. The smallest absolute Gasteiger partial charge is 0.264 e. The first-order valence-corrected chi connectivity index (χ1v) is 15.6. The number of fused-ring (bicyclic) bond motifs is 1. The minimum atomic E-state index is -1.73. The van der Waals surface area contributed by atoms with Crippen molar-refractivity contribution in [3.63, 3.8) is 0 Å². The van der Waals surface area contributed by atoms with Gasteiger partial charge in [0.2, 0.25) is 0 Å². The maximum atomic E-state index is 14.0. The highest BCUT2D eigenvalue weighted by molar-refractivity contribution is 9.10. The first kappa shape index (κ1) is 29.6. The van der Waals surface area contributed by atoms with E-state index in [-0.39, 0.29) is 25.0 Å². The van der Waals surface area contributed by atoms with E-state index < -0.39 is 17.1 Å². The number of benzene rings is 3. The van der Waals surface area contributed by atoms with E-state index in [0.29, 0.717) is 24.3 Å². The van der Waals surface area contributed by atoms with Crippen LogP contribution in [-0.2, 0) is 21.7 Å². The summed E-state index contributed by atoms with van der Waals surface area (Å²) < 4.78 is 0.779. The first-order valence-electron chi connectivity index (χ1n) is 14.9. The standard InChI is InChI=1S/C34H37BrN4O4/c1-24(7-5-6-20-40)34(43)29-21-26(35)12-15-30(29)37(32(34)42)22-25-10-13-27(14-11-25)38-23-39(28-8-3-2-4-9-28)33(31(38)41)16-18-36-19-17-33/h2-5,7-15,21,24,36,40,43H,6,16-20,22-23H2,1H3/b7-5+/t24-,34+/m1/s1. The Morgan fingerprint density at radius 3 is 2.40 bits per heavy atom. The van der Waals surface area contributed by atoms with Gasteiger partial charge in [-0.3, -0.25) is 14.5 Å². The molecule has 0 bridgehead atoms. The van der Waals surface area contributed by atoms with E-state index in [0.717, 1.165) is 47.3 Å². The number of aliphatic hydroxyl groups excluding tert-OH is 1. The van der Waals surface area contributed by atoms with Gasteiger partial charge in [-0.05, 0) is 80.4 Å². The highest BCUT2D eigenvalue weighted by atomic mass is 79.9. The zero-order valence-electron chi connectivity index (χ0n) is 24.2. The molecule has 6 rings (SSSR count). The lowest BCUT2D eigenvalue weighted by Crippen LogP contribution is -2.55. The molecule has 43 heavy (non-hydrogen) atoms. The van der Waals surface area contributed by atoms with Gasteiger partial charge in [0.15, 0.2) is 5.60 Å². The van der Waals surface area contributed by atoms with Gasteiger partial charge in [-0.15, -0.1) is 0 Å². The molecule has 3 aliphatic heterocycles. The third-order valence-electron chi connectivity index (χ3n) is 9.14. The van der Waals surface area contributed by atoms with Crippen LogP contribution in [0.25, 0.3) is 0 Å². The molecular weight excluding hydrogens is 608 g/mol. The minimum Gasteiger partial charge on any atom is -0.396 e. The second kappa shape index (κ2) is 11.9. The molecule has 0 unspecified atom stereocenters. The predicted octanol–water partition coefficient (Wildman–Crippen LogP) is 4.69. The first-order chi connectivity index (χ1) is 20.8. The Morgan fingerprint density at radius 2 is 1.70 bits per heavy atom. The van der Waals surface area contributed by atoms with Gasteiger partial charge < -0.3 is 25.3 Å². The molecule has 0 aliphatic carbocycles. The fourth-order valence-electron chi connectivity index (χ4n) is 6.72. The van der Waals surface area contributed by atoms with Crippen LogP contribution in [-0.4, -0.2) is 53.9 Å². The van der Waals surface area contributed by atoms with Gasteiger partial charge in [-0.1, -0.05) is 65.3 Å². The van der Waals surface area contributed by atoms with E-state index in [9.17, 15) is 19.8 Å². The number of hydrogen-bond acceptors (Lipinski definition) is 6. The van der Waals surface area contributed by atoms with Crippen LogP contribution in [0.5, 0.6) is 0 Å². The predicted molar refractivity (Wildman–Crippen MR) is 172 cm³/mol. The van der Waals surface area contributed by atoms with E-state index in [1.807, 2.05) is 66.4 Å². The Bertz CT molecular complexity index is 1520. The largest absolute Gasteiger partial charge is 0.396 e. The van der Waals surface area contributed by atoms with Gasteiger partial charge in [0, 0.05) is 33.9 Å². The highest BCUT2D eigenvalue weighted by Gasteiger charge is 2.54. The Kier molecular flexibility index (Phi) is 8.17. The SMILES string of the molecule is C[C@H](/C=C/CCO)[C@@]1(O)C(=O)N(Cc2ccc(N3CN(c4ccccc4)C4(CCNCC4)C3=O)cc2)c2ccc(Br)cc21. The molecule has 3 aliphatic rings. The molecule has 0 radical (unpaired) electrons. The van der Waals surface area contributed by atoms with Crippen LogP contribution in [0.1, 0.15) is 37.3 Å². The van der Waals surface area contributed by atoms with Crippen LogP contribution in [0.15, 0.2) is 89.4 Å². The summed E-state index contributed by atoms with van der Waals surface area (Å²) in [5.74, 6) is -0.761. The van der Waals surface area contributed by atoms with E-state index in [4.69, 9.17) is 0 Å². The van der Waals surface area contributed by atoms with Crippen molar-refractivity contribution < 1.29 is 19.8 Å². The minimum absolute atomic E-state index is 0.00531. The summed E-state index contributed by atoms with van der Waals surface area (Å²) in [4.78, 5) is 33.6. The van der Waals surface area contributed by atoms with E-state index in [1.165, 1.54) is 0 Å². The average Bonchev–Trinajstić information content (AvgIpc) is 3.42. The van der Waals surface area contributed by atoms with Gasteiger partial charge in [-0.25, -0.2) is 0 Å². The van der Waals surface area contributed by atoms with Gasteiger partial charge in [0.1, 0.15) is 5.54 Å². The summed E-state index contributed by atoms with van der Waals surface area (Å²) in [6.07, 6.45) is 5.53. The topological polar surface area (TPSA) is 96.3 Å². The van der Waals surface area contributed by atoms with Crippen molar-refractivity contribution in [1.29, 1.82) is 0 Å². The summed E-state index contributed by atoms with van der Waals surface area (Å²) in [5, 5.41) is 24.4. The van der Waals surface area contributed by atoms with E-state index in [2.05, 4.69) is 38.3 Å². The van der Waals surface area contributed by atoms with Crippen LogP contribution >= 0.6 is 15.9 Å². The number of piperidine rings is 1. The quantitative estimate of drug-likeness (QED) is 0.308. The zero-order chi connectivity index (χ0) is 30.2. The molecule has 2 fully saturated rings. The number of carbonyl (C=O) groups excluding carboxylic acids is 2. The Hall–Kier alpha value is -3.50. The van der Waals surface area contributed by atoms with Crippen molar-refractivity contribution >= 4 is 44.8 Å². The number of nitrogens with zero attached hydrogens (tertiary/aromatic N) is 3. The molecule has 3 N–H and O–H groups in total. The van der Waals surface area contributed by atoms with Crippen LogP contribution in [0.4, 0.5) is 17.1 Å². The molecule has 2 saturated heterocycles. The van der Waals surface area contributed by atoms with Gasteiger partial charge in [0.05, 0.1) is 18.9 Å². The molecule has 3 heterocycles. The van der Waals surface area contributed by atoms with Crippen LogP contribution in [0, 0.1) is 5.92 Å². The van der Waals surface area contributed by atoms with Gasteiger partial charge in [0.25, 0.3) is 11.8 Å². The van der Waals surface area contributed by atoms with Crippen LogP contribution < -0.4 is 20.0 Å². The zero-order valence-corrected chi connectivity index (χ0v) is 25.8. The molecule has 2 amide bonds. The molecule has 224 valence electrons. The summed E-state index contributed by atoms with van der Waals surface area (Å²) in [6, 6.07) is 23.5. The normalized spacial score (nSPS) is 22.2. The Morgan fingerprint density at radius 1 is 0.977 bits per heavy atom. The second-order valence-electron chi connectivity index (χ2n) is 11.6. The third-order valence-corrected chi connectivity index (χ3v) is 9.63. The lowest BCUT2D eigenvalue weighted by atomic mass is 9.83. The van der Waals surface area contributed by atoms with Crippen molar-refractivity contribution in [3.05, 3.63) is 101 Å². The summed E-state index contributed by atoms with van der Waals surface area (Å²) >= 11 is 3.50. The van der Waals surface area contributed by atoms with Gasteiger partial charge >= 0.3 is 0 Å². The molecule has 9 heteroatoms. The number of halogens is 1. The number of carbonyl (C=O) groups is 2. The molecule has 3 aromatic rings. The Balaban J connectivity index is 1.26. The molecule has 0 saturated carbocycles. The van der Waals surface area contributed by atoms with Crippen molar-refractivity contribution in [2.24, 2.45) is 5.92 Å². The number of rotatable bonds is 8. The molecule has 8 nitrogen and oxygen atoms in total. The van der Waals surface area contributed by atoms with E-state index >= 15 is 0 Å². The van der Waals surface area contributed by atoms with Crippen molar-refractivity contribution in [3.8, 4) is 0 Å². The second-order valence-corrected chi connectivity index (χ2v) is 12.6. The van der Waals surface area contributed by atoms with Crippen molar-refractivity contribution in [2.75, 3.05) is 41.1 Å². The molecule has 0 aromatic heterocycles. The Labute approximate surface area is 260 Å². The number of hydrogen-bond donors (Lipinski definition) is 3. The van der Waals surface area contributed by atoms with Gasteiger partial charge in [-0.2, -0.15) is 0 Å². The fraction of sp³-hybridized carbons (Fsp3) is 0.353. The number of amides is 2. The number of para-hydroxylation sites is 1. The molecule has 2 atom stereocenters. The number of aliphatic hydroxyl groups is 2. The number of nitrogens with one attached hydrogen (secondary N) is 1. The average molecular weight is 646 g/mol. The fourth-order valence-corrected chi connectivity index (χ4v) is 7.08. The van der Waals surface area contributed by atoms with Crippen LogP contribution in [0.2, 0.25) is 0 Å². The summed E-state index contributed by atoms with van der Waals surface area (Å²) in [5.41, 5.74) is 1.68. The van der Waals surface area contributed by atoms with E-state index in [1.54, 1.807) is 23.1 Å². The lowest BCUT2D eigenvalue weighted by Gasteiger charge is -2.39. The number of anilines is 3. The van der Waals surface area contributed by atoms with Crippen molar-refractivity contribution in [1.82, 2.24) is 5.32 Å². The molecular formula is C34H37BrN4O4. The maximum absolute atomic E-state index is 14.0. The van der Waals surface area contributed by atoms with Crippen molar-refractivity contribution in [2.45, 2.75) is 43.9 Å². The monoisotopic (exact) mass is 644 g/mol. The molecule has 1 spiro atoms. The molecule has 3 aromatic carbocycles. The maximum Gasteiger partial charge on any atom is 0.264 e. The highest BCUT2D eigenvalue weighted by Crippen LogP contribution is 2.47. The summed E-state index contributed by atoms with van der Waals surface area (Å²) in [7, 11) is 0. The summed E-state index contributed by atoms with van der Waals surface area (Å²) in [6.45, 7) is 4.17.